The van der Waals surface area contributed by atoms with Gasteiger partial charge in [0.2, 0.25) is 0 Å². The van der Waals surface area contributed by atoms with Crippen molar-refractivity contribution >= 4 is 0 Å². The van der Waals surface area contributed by atoms with Crippen LogP contribution < -0.4 is 5.32 Å². The number of rotatable bonds is 9. The maximum absolute atomic E-state index is 9.35. The fraction of sp³-hybridized carbons (Fsp3) is 1.00. The monoisotopic (exact) mass is 230 g/mol. The van der Waals surface area contributed by atoms with Gasteiger partial charge in [-0.25, -0.2) is 0 Å². The van der Waals surface area contributed by atoms with Crippen LogP contribution in [-0.4, -0.2) is 48.8 Å². The van der Waals surface area contributed by atoms with Gasteiger partial charge in [0, 0.05) is 12.1 Å². The minimum Gasteiger partial charge on any atom is -0.394 e. The Morgan fingerprint density at radius 2 is 2.00 bits per heavy atom. The van der Waals surface area contributed by atoms with Crippen molar-refractivity contribution in [3.63, 3.8) is 0 Å². The molecule has 98 valence electrons. The van der Waals surface area contributed by atoms with Crippen LogP contribution in [0.2, 0.25) is 0 Å². The highest BCUT2D eigenvalue weighted by Gasteiger charge is 2.21. The third kappa shape index (κ3) is 7.20. The first-order chi connectivity index (χ1) is 7.43. The van der Waals surface area contributed by atoms with Gasteiger partial charge in [-0.05, 0) is 45.8 Å². The predicted molar refractivity (Wildman–Crippen MR) is 70.7 cm³/mol. The smallest absolute Gasteiger partial charge is 0.0610 e. The fourth-order valence-corrected chi connectivity index (χ4v) is 2.10. The number of aliphatic hydroxyl groups is 1. The van der Waals surface area contributed by atoms with E-state index in [1.54, 1.807) is 0 Å². The van der Waals surface area contributed by atoms with Crippen LogP contribution in [0.25, 0.3) is 0 Å². The van der Waals surface area contributed by atoms with Gasteiger partial charge in [0.25, 0.3) is 0 Å². The van der Waals surface area contributed by atoms with Gasteiger partial charge in [-0.3, -0.25) is 0 Å². The Hall–Kier alpha value is -0.120. The topological polar surface area (TPSA) is 35.5 Å². The molecule has 0 aromatic carbocycles. The first-order valence-electron chi connectivity index (χ1n) is 6.48. The maximum atomic E-state index is 9.35. The fourth-order valence-electron chi connectivity index (χ4n) is 2.10. The van der Waals surface area contributed by atoms with E-state index in [-0.39, 0.29) is 12.1 Å². The highest BCUT2D eigenvalue weighted by Crippen LogP contribution is 2.12. The second kappa shape index (κ2) is 8.04. The lowest BCUT2D eigenvalue weighted by atomic mass is 9.96. The Kier molecular flexibility index (Phi) is 7.98. The molecule has 0 rings (SSSR count). The molecule has 0 aromatic heterocycles. The van der Waals surface area contributed by atoms with E-state index in [1.165, 1.54) is 0 Å². The molecule has 16 heavy (non-hydrogen) atoms. The predicted octanol–water partition coefficient (Wildman–Crippen LogP) is 1.71. The van der Waals surface area contributed by atoms with Crippen LogP contribution in [0.1, 0.15) is 40.5 Å². The second-order valence-corrected chi connectivity index (χ2v) is 5.51. The molecule has 0 aromatic rings. The molecule has 0 aliphatic heterocycles. The molecule has 1 unspecified atom stereocenters. The number of hydrogen-bond acceptors (Lipinski definition) is 3. The van der Waals surface area contributed by atoms with Crippen LogP contribution in [0, 0.1) is 5.92 Å². The minimum absolute atomic E-state index is 0.104. The van der Waals surface area contributed by atoms with Gasteiger partial charge in [0.05, 0.1) is 6.61 Å². The molecule has 0 fully saturated rings. The summed E-state index contributed by atoms with van der Waals surface area (Å²) in [7, 11) is 2.17. The van der Waals surface area contributed by atoms with Crippen LogP contribution in [0.3, 0.4) is 0 Å². The summed E-state index contributed by atoms with van der Waals surface area (Å²) in [6, 6.07) is 0. The summed E-state index contributed by atoms with van der Waals surface area (Å²) >= 11 is 0. The summed E-state index contributed by atoms with van der Waals surface area (Å²) in [6.45, 7) is 12.1. The molecule has 3 heteroatoms. The van der Waals surface area contributed by atoms with E-state index in [4.69, 9.17) is 0 Å². The van der Waals surface area contributed by atoms with Crippen molar-refractivity contribution in [2.24, 2.45) is 5.92 Å². The van der Waals surface area contributed by atoms with Gasteiger partial charge in [-0.1, -0.05) is 20.8 Å². The highest BCUT2D eigenvalue weighted by molar-refractivity contribution is 4.81. The van der Waals surface area contributed by atoms with Gasteiger partial charge >= 0.3 is 0 Å². The van der Waals surface area contributed by atoms with E-state index in [1.807, 2.05) is 0 Å². The standard InChI is InChI=1S/C13H30N2O/c1-6-14-13(4,11-16)8-7-9-15(5)10-12(2)3/h12,14,16H,6-11H2,1-5H3. The third-order valence-corrected chi connectivity index (χ3v) is 2.90. The normalized spacial score (nSPS) is 15.8. The van der Waals surface area contributed by atoms with Crippen molar-refractivity contribution in [1.82, 2.24) is 10.2 Å². The van der Waals surface area contributed by atoms with Crippen molar-refractivity contribution < 1.29 is 5.11 Å². The van der Waals surface area contributed by atoms with Crippen molar-refractivity contribution in [2.45, 2.75) is 46.1 Å². The van der Waals surface area contributed by atoms with E-state index in [2.05, 4.69) is 45.0 Å². The second-order valence-electron chi connectivity index (χ2n) is 5.51. The molecule has 0 saturated heterocycles. The van der Waals surface area contributed by atoms with Crippen LogP contribution >= 0.6 is 0 Å². The van der Waals surface area contributed by atoms with Gasteiger partial charge in [-0.2, -0.15) is 0 Å². The zero-order valence-corrected chi connectivity index (χ0v) is 11.7. The molecule has 0 spiro atoms. The third-order valence-electron chi connectivity index (χ3n) is 2.90. The van der Waals surface area contributed by atoms with Crippen molar-refractivity contribution in [2.75, 3.05) is 33.3 Å². The number of nitrogens with zero attached hydrogens (tertiary/aromatic N) is 1. The lowest BCUT2D eigenvalue weighted by Crippen LogP contribution is -2.46. The summed E-state index contributed by atoms with van der Waals surface area (Å²) in [5.74, 6) is 0.725. The minimum atomic E-state index is -0.104. The molecule has 2 N–H and O–H groups in total. The number of nitrogens with one attached hydrogen (secondary N) is 1. The summed E-state index contributed by atoms with van der Waals surface area (Å²) in [4.78, 5) is 2.37. The van der Waals surface area contributed by atoms with E-state index >= 15 is 0 Å². The van der Waals surface area contributed by atoms with Gasteiger partial charge < -0.3 is 15.3 Å². The summed E-state index contributed by atoms with van der Waals surface area (Å²) < 4.78 is 0. The SMILES string of the molecule is CCNC(C)(CO)CCCN(C)CC(C)C. The Balaban J connectivity index is 3.77. The molecule has 0 amide bonds. The highest BCUT2D eigenvalue weighted by atomic mass is 16.3. The van der Waals surface area contributed by atoms with Crippen molar-refractivity contribution in [1.29, 1.82) is 0 Å². The van der Waals surface area contributed by atoms with E-state index in [9.17, 15) is 5.11 Å². The molecule has 0 radical (unpaired) electrons. The van der Waals surface area contributed by atoms with Crippen molar-refractivity contribution in [3.8, 4) is 0 Å². The Bertz CT molecular complexity index is 173. The average molecular weight is 230 g/mol. The summed E-state index contributed by atoms with van der Waals surface area (Å²) in [6.07, 6.45) is 2.16. The van der Waals surface area contributed by atoms with E-state index < -0.39 is 0 Å². The Morgan fingerprint density at radius 3 is 2.44 bits per heavy atom. The molecule has 0 heterocycles. The molecule has 1 atom stereocenters. The van der Waals surface area contributed by atoms with Gasteiger partial charge in [0.15, 0.2) is 0 Å². The largest absolute Gasteiger partial charge is 0.394 e. The van der Waals surface area contributed by atoms with Crippen LogP contribution in [-0.2, 0) is 0 Å². The van der Waals surface area contributed by atoms with E-state index in [0.29, 0.717) is 0 Å². The lowest BCUT2D eigenvalue weighted by molar-refractivity contribution is 0.159. The zero-order chi connectivity index (χ0) is 12.6. The maximum Gasteiger partial charge on any atom is 0.0610 e. The van der Waals surface area contributed by atoms with Crippen LogP contribution in [0.5, 0.6) is 0 Å². The molecule has 0 aliphatic carbocycles. The van der Waals surface area contributed by atoms with E-state index in [0.717, 1.165) is 38.4 Å². The number of aliphatic hydroxyl groups excluding tert-OH is 1. The molecule has 0 saturated carbocycles. The van der Waals surface area contributed by atoms with Gasteiger partial charge in [-0.15, -0.1) is 0 Å². The molecule has 3 nitrogen and oxygen atoms in total. The molecular formula is C13H30N2O. The van der Waals surface area contributed by atoms with Crippen molar-refractivity contribution in [3.05, 3.63) is 0 Å². The quantitative estimate of drug-likeness (QED) is 0.633. The van der Waals surface area contributed by atoms with Crippen LogP contribution in [0.4, 0.5) is 0 Å². The average Bonchev–Trinajstić information content (AvgIpc) is 2.17. The number of likely N-dealkylation sites (N-methyl/N-ethyl adjacent to an activating group) is 1. The van der Waals surface area contributed by atoms with Crippen LogP contribution in [0.15, 0.2) is 0 Å². The lowest BCUT2D eigenvalue weighted by Gasteiger charge is -2.29. The zero-order valence-electron chi connectivity index (χ0n) is 11.7. The Labute approximate surface area is 101 Å². The van der Waals surface area contributed by atoms with Gasteiger partial charge in [0.1, 0.15) is 0 Å². The molecule has 0 bridgehead atoms. The molecule has 0 aliphatic rings. The summed E-state index contributed by atoms with van der Waals surface area (Å²) in [5.41, 5.74) is -0.104. The summed E-state index contributed by atoms with van der Waals surface area (Å²) in [5, 5.41) is 12.7. The number of hydrogen-bond donors (Lipinski definition) is 2. The first kappa shape index (κ1) is 15.9. The Morgan fingerprint density at radius 1 is 1.38 bits per heavy atom. The molecular weight excluding hydrogens is 200 g/mol. The first-order valence-corrected chi connectivity index (χ1v) is 6.48.